The van der Waals surface area contributed by atoms with E-state index in [1.54, 1.807) is 25.1 Å². The van der Waals surface area contributed by atoms with Crippen LogP contribution in [0.3, 0.4) is 0 Å². The molecular formula is C19H19Cl2N3O2. The van der Waals surface area contributed by atoms with Gasteiger partial charge in [-0.1, -0.05) is 23.2 Å². The molecule has 1 aromatic carbocycles. The monoisotopic (exact) mass is 391 g/mol. The molecule has 0 radical (unpaired) electrons. The van der Waals surface area contributed by atoms with E-state index >= 15 is 0 Å². The number of carbonyl (C=O) groups is 1. The molecule has 1 N–H and O–H groups in total. The van der Waals surface area contributed by atoms with Crippen molar-refractivity contribution in [2.24, 2.45) is 0 Å². The Balaban J connectivity index is 1.52. The fourth-order valence-electron chi connectivity index (χ4n) is 2.53. The Morgan fingerprint density at radius 2 is 2.12 bits per heavy atom. The van der Waals surface area contributed by atoms with Gasteiger partial charge in [0.05, 0.1) is 10.7 Å². The summed E-state index contributed by atoms with van der Waals surface area (Å²) in [6.07, 6.45) is 3.91. The summed E-state index contributed by atoms with van der Waals surface area (Å²) in [6.45, 7) is 4.18. The van der Waals surface area contributed by atoms with Crippen LogP contribution >= 0.6 is 23.2 Å². The molecule has 1 unspecified atom stereocenters. The largest absolute Gasteiger partial charge is 0.479 e. The molecule has 7 heteroatoms. The van der Waals surface area contributed by atoms with Crippen molar-refractivity contribution in [1.29, 1.82) is 0 Å². The maximum absolute atomic E-state index is 12.2. The molecule has 26 heavy (non-hydrogen) atoms. The van der Waals surface area contributed by atoms with Gasteiger partial charge in [0.25, 0.3) is 5.91 Å². The lowest BCUT2D eigenvalue weighted by Crippen LogP contribution is -2.37. The predicted molar refractivity (Wildman–Crippen MR) is 103 cm³/mol. The second kappa shape index (κ2) is 7.98. The molecule has 136 valence electrons. The molecule has 0 aliphatic heterocycles. The number of benzene rings is 1. The van der Waals surface area contributed by atoms with Crippen LogP contribution in [0.4, 0.5) is 0 Å². The number of hydrogen-bond acceptors (Lipinski definition) is 3. The van der Waals surface area contributed by atoms with Crippen molar-refractivity contribution in [1.82, 2.24) is 14.7 Å². The van der Waals surface area contributed by atoms with Crippen LogP contribution in [0.1, 0.15) is 18.2 Å². The quantitative estimate of drug-likeness (QED) is 0.688. The van der Waals surface area contributed by atoms with Crippen molar-refractivity contribution in [3.63, 3.8) is 0 Å². The highest BCUT2D eigenvalue weighted by Crippen LogP contribution is 2.28. The summed E-state index contributed by atoms with van der Waals surface area (Å²) in [4.78, 5) is 16.8. The molecule has 0 fully saturated rings. The number of ether oxygens (including phenoxy) is 1. The maximum atomic E-state index is 12.2. The van der Waals surface area contributed by atoms with E-state index in [9.17, 15) is 4.79 Å². The number of halogens is 2. The van der Waals surface area contributed by atoms with Gasteiger partial charge in [0.15, 0.2) is 6.10 Å². The summed E-state index contributed by atoms with van der Waals surface area (Å²) >= 11 is 11.9. The predicted octanol–water partition coefficient (Wildman–Crippen LogP) is 4.08. The SMILES string of the molecule is Cc1ccn2cc(CCNC(=O)C(C)Oc3ccc(Cl)cc3Cl)nc2c1. The summed E-state index contributed by atoms with van der Waals surface area (Å²) in [6, 6.07) is 8.94. The van der Waals surface area contributed by atoms with Crippen molar-refractivity contribution in [3.05, 3.63) is 64.0 Å². The Bertz CT molecular complexity index is 940. The van der Waals surface area contributed by atoms with Gasteiger partial charge < -0.3 is 14.5 Å². The first kappa shape index (κ1) is 18.5. The molecule has 3 rings (SSSR count). The first-order valence-corrected chi connectivity index (χ1v) is 9.01. The van der Waals surface area contributed by atoms with E-state index in [-0.39, 0.29) is 5.91 Å². The standard InChI is InChI=1S/C19H19Cl2N3O2/c1-12-6-8-24-11-15(23-18(24)9-12)5-7-22-19(25)13(2)26-17-4-3-14(20)10-16(17)21/h3-4,6,8-11,13H,5,7H2,1-2H3,(H,22,25). The third-order valence-corrected chi connectivity index (χ3v) is 4.44. The zero-order chi connectivity index (χ0) is 18.7. The van der Waals surface area contributed by atoms with Gasteiger partial charge in [0.2, 0.25) is 0 Å². The summed E-state index contributed by atoms with van der Waals surface area (Å²) < 4.78 is 7.57. The van der Waals surface area contributed by atoms with Gasteiger partial charge in [-0.15, -0.1) is 0 Å². The Kier molecular flexibility index (Phi) is 5.69. The fraction of sp³-hybridized carbons (Fsp3) is 0.263. The molecule has 1 amide bonds. The average Bonchev–Trinajstić information content (AvgIpc) is 2.99. The number of fused-ring (bicyclic) bond motifs is 1. The van der Waals surface area contributed by atoms with E-state index in [0.717, 1.165) is 16.9 Å². The zero-order valence-corrected chi connectivity index (χ0v) is 16.0. The Labute approximate surface area is 161 Å². The van der Waals surface area contributed by atoms with Gasteiger partial charge in [-0.2, -0.15) is 0 Å². The number of nitrogens with zero attached hydrogens (tertiary/aromatic N) is 2. The van der Waals surface area contributed by atoms with Crippen molar-refractivity contribution < 1.29 is 9.53 Å². The third kappa shape index (κ3) is 4.48. The highest BCUT2D eigenvalue weighted by atomic mass is 35.5. The number of pyridine rings is 1. The lowest BCUT2D eigenvalue weighted by Gasteiger charge is -2.15. The van der Waals surface area contributed by atoms with Crippen LogP contribution in [0, 0.1) is 6.92 Å². The molecule has 0 aliphatic carbocycles. The lowest BCUT2D eigenvalue weighted by molar-refractivity contribution is -0.127. The van der Waals surface area contributed by atoms with Crippen molar-refractivity contribution in [2.45, 2.75) is 26.4 Å². The van der Waals surface area contributed by atoms with E-state index in [4.69, 9.17) is 27.9 Å². The topological polar surface area (TPSA) is 55.6 Å². The number of rotatable bonds is 6. The zero-order valence-electron chi connectivity index (χ0n) is 14.5. The van der Waals surface area contributed by atoms with Gasteiger partial charge in [0.1, 0.15) is 11.4 Å². The molecular weight excluding hydrogens is 373 g/mol. The van der Waals surface area contributed by atoms with Crippen LogP contribution in [-0.4, -0.2) is 27.9 Å². The minimum absolute atomic E-state index is 0.212. The van der Waals surface area contributed by atoms with Crippen LogP contribution in [0.5, 0.6) is 5.75 Å². The van der Waals surface area contributed by atoms with Gasteiger partial charge in [-0.25, -0.2) is 4.98 Å². The fourth-order valence-corrected chi connectivity index (χ4v) is 2.98. The first-order valence-electron chi connectivity index (χ1n) is 8.26. The minimum atomic E-state index is -0.669. The highest BCUT2D eigenvalue weighted by molar-refractivity contribution is 6.35. The molecule has 0 spiro atoms. The van der Waals surface area contributed by atoms with Crippen LogP contribution in [0.25, 0.3) is 5.65 Å². The molecule has 2 aromatic heterocycles. The number of amides is 1. The van der Waals surface area contributed by atoms with E-state index in [1.165, 1.54) is 0 Å². The van der Waals surface area contributed by atoms with E-state index in [0.29, 0.717) is 28.8 Å². The smallest absolute Gasteiger partial charge is 0.260 e. The Morgan fingerprint density at radius 1 is 1.31 bits per heavy atom. The second-order valence-corrected chi connectivity index (χ2v) is 6.92. The highest BCUT2D eigenvalue weighted by Gasteiger charge is 2.16. The molecule has 0 bridgehead atoms. The van der Waals surface area contributed by atoms with Crippen LogP contribution < -0.4 is 10.1 Å². The summed E-state index contributed by atoms with van der Waals surface area (Å²) in [5.74, 6) is 0.213. The van der Waals surface area contributed by atoms with Crippen molar-refractivity contribution >= 4 is 34.8 Å². The number of hydrogen-bond donors (Lipinski definition) is 1. The summed E-state index contributed by atoms with van der Waals surface area (Å²) in [5.41, 5.74) is 2.99. The number of aromatic nitrogens is 2. The number of nitrogens with one attached hydrogen (secondary N) is 1. The average molecular weight is 392 g/mol. The Morgan fingerprint density at radius 3 is 2.88 bits per heavy atom. The van der Waals surface area contributed by atoms with Gasteiger partial charge in [-0.3, -0.25) is 4.79 Å². The number of carbonyl (C=O) groups excluding carboxylic acids is 1. The Hall–Kier alpha value is -2.24. The van der Waals surface area contributed by atoms with E-state index in [2.05, 4.69) is 10.3 Å². The van der Waals surface area contributed by atoms with E-state index < -0.39 is 6.10 Å². The number of aryl methyl sites for hydroxylation is 1. The first-order chi connectivity index (χ1) is 12.4. The van der Waals surface area contributed by atoms with Crippen LogP contribution in [-0.2, 0) is 11.2 Å². The van der Waals surface area contributed by atoms with Crippen LogP contribution in [0.2, 0.25) is 10.0 Å². The molecule has 0 saturated carbocycles. The molecule has 5 nitrogen and oxygen atoms in total. The van der Waals surface area contributed by atoms with Crippen molar-refractivity contribution in [3.8, 4) is 5.75 Å². The lowest BCUT2D eigenvalue weighted by atomic mass is 10.3. The van der Waals surface area contributed by atoms with Gasteiger partial charge in [0, 0.05) is 30.4 Å². The molecule has 0 aliphatic rings. The van der Waals surface area contributed by atoms with Crippen LogP contribution in [0.15, 0.2) is 42.7 Å². The number of imidazole rings is 1. The molecule has 3 aromatic rings. The summed E-state index contributed by atoms with van der Waals surface area (Å²) in [7, 11) is 0. The van der Waals surface area contributed by atoms with Gasteiger partial charge in [-0.05, 0) is 49.7 Å². The summed E-state index contributed by atoms with van der Waals surface area (Å²) in [5, 5.41) is 3.74. The molecule has 1 atom stereocenters. The second-order valence-electron chi connectivity index (χ2n) is 6.08. The maximum Gasteiger partial charge on any atom is 0.260 e. The molecule has 2 heterocycles. The third-order valence-electron chi connectivity index (χ3n) is 3.91. The van der Waals surface area contributed by atoms with Gasteiger partial charge >= 0.3 is 0 Å². The minimum Gasteiger partial charge on any atom is -0.479 e. The molecule has 0 saturated heterocycles. The normalized spacial score (nSPS) is 12.2. The van der Waals surface area contributed by atoms with Crippen molar-refractivity contribution in [2.75, 3.05) is 6.54 Å². The van der Waals surface area contributed by atoms with E-state index in [1.807, 2.05) is 35.9 Å².